The minimum Gasteiger partial charge on any atom is -0.336 e. The number of carbonyl (C=O) groups excluding carboxylic acids is 1. The smallest absolute Gasteiger partial charge is 0.255 e. The second-order valence-electron chi connectivity index (χ2n) is 4.38. The van der Waals surface area contributed by atoms with Gasteiger partial charge in [-0.1, -0.05) is 13.3 Å². The number of hydrogen-bond donors (Lipinski definition) is 0. The first-order chi connectivity index (χ1) is 7.56. The van der Waals surface area contributed by atoms with Crippen LogP contribution in [0.15, 0.2) is 0 Å². The molecule has 1 aliphatic rings. The van der Waals surface area contributed by atoms with E-state index < -0.39 is 13.0 Å². The number of carbonyl (C=O) groups is 1. The van der Waals surface area contributed by atoms with E-state index in [9.17, 15) is 13.6 Å². The molecule has 2 atom stereocenters. The zero-order chi connectivity index (χ0) is 12.1. The molecule has 1 amide bonds. The summed E-state index contributed by atoms with van der Waals surface area (Å²) in [5, 5.41) is 0. The van der Waals surface area contributed by atoms with E-state index in [2.05, 4.69) is 0 Å². The van der Waals surface area contributed by atoms with E-state index in [-0.39, 0.29) is 24.2 Å². The molecule has 1 aliphatic carbocycles. The number of hydrogen-bond acceptors (Lipinski definition) is 1. The van der Waals surface area contributed by atoms with Crippen LogP contribution in [0.5, 0.6) is 0 Å². The molecule has 0 aromatic rings. The molecule has 1 fully saturated rings. The van der Waals surface area contributed by atoms with Crippen LogP contribution in [0.2, 0.25) is 0 Å². The lowest BCUT2D eigenvalue weighted by atomic mass is 9.96. The Morgan fingerprint density at radius 2 is 2.19 bits per heavy atom. The third-order valence-corrected chi connectivity index (χ3v) is 3.37. The average molecular weight is 254 g/mol. The minimum absolute atomic E-state index is 0.0815. The highest BCUT2D eigenvalue weighted by Crippen LogP contribution is 2.32. The van der Waals surface area contributed by atoms with Crippen molar-refractivity contribution in [3.8, 4) is 0 Å². The highest BCUT2D eigenvalue weighted by atomic mass is 35.5. The van der Waals surface area contributed by atoms with Gasteiger partial charge in [0.25, 0.3) is 6.43 Å². The number of nitrogens with zero attached hydrogens (tertiary/aromatic N) is 1. The highest BCUT2D eigenvalue weighted by molar-refractivity contribution is 6.18. The van der Waals surface area contributed by atoms with E-state index in [1.165, 1.54) is 4.90 Å². The van der Waals surface area contributed by atoms with Crippen LogP contribution in [0.25, 0.3) is 0 Å². The molecule has 1 saturated carbocycles. The normalized spacial score (nSPS) is 25.1. The largest absolute Gasteiger partial charge is 0.336 e. The van der Waals surface area contributed by atoms with Gasteiger partial charge in [0.2, 0.25) is 5.91 Å². The summed E-state index contributed by atoms with van der Waals surface area (Å²) < 4.78 is 24.6. The minimum atomic E-state index is -2.48. The van der Waals surface area contributed by atoms with Crippen molar-refractivity contribution in [2.24, 2.45) is 11.8 Å². The van der Waals surface area contributed by atoms with Gasteiger partial charge in [0.15, 0.2) is 0 Å². The topological polar surface area (TPSA) is 20.3 Å². The summed E-state index contributed by atoms with van der Waals surface area (Å²) in [7, 11) is 0. The molecule has 2 nitrogen and oxygen atoms in total. The molecular weight excluding hydrogens is 236 g/mol. The fraction of sp³-hybridized carbons (Fsp3) is 0.909. The number of rotatable bonds is 5. The second kappa shape index (κ2) is 6.38. The molecule has 0 spiro atoms. The summed E-state index contributed by atoms with van der Waals surface area (Å²) in [4.78, 5) is 13.2. The van der Waals surface area contributed by atoms with Crippen LogP contribution < -0.4 is 0 Å². The first kappa shape index (κ1) is 13.7. The van der Waals surface area contributed by atoms with E-state index in [4.69, 9.17) is 11.6 Å². The Morgan fingerprint density at radius 1 is 1.50 bits per heavy atom. The maximum atomic E-state index is 12.3. The standard InChI is InChI=1S/C11H18ClF2NO/c1-8-3-2-4-9(8)11(16)15(6-5-12)7-10(13)14/h8-10H,2-7H2,1H3. The van der Waals surface area contributed by atoms with Gasteiger partial charge in [0, 0.05) is 18.3 Å². The summed E-state index contributed by atoms with van der Waals surface area (Å²) in [6.07, 6.45) is 0.367. The van der Waals surface area contributed by atoms with Crippen molar-refractivity contribution in [1.82, 2.24) is 4.90 Å². The molecule has 0 N–H and O–H groups in total. The maximum Gasteiger partial charge on any atom is 0.255 e. The number of halogens is 3. The van der Waals surface area contributed by atoms with Gasteiger partial charge < -0.3 is 4.90 Å². The number of amides is 1. The Balaban J connectivity index is 2.58. The van der Waals surface area contributed by atoms with Crippen LogP contribution in [-0.4, -0.2) is 36.2 Å². The number of alkyl halides is 3. The average Bonchev–Trinajstić information content (AvgIpc) is 2.62. The molecule has 2 unspecified atom stereocenters. The van der Waals surface area contributed by atoms with Gasteiger partial charge >= 0.3 is 0 Å². The maximum absolute atomic E-state index is 12.3. The summed E-state index contributed by atoms with van der Waals surface area (Å²) in [6.45, 7) is 1.74. The first-order valence-electron chi connectivity index (χ1n) is 5.69. The molecule has 0 saturated heterocycles. The molecule has 0 radical (unpaired) electrons. The molecular formula is C11H18ClF2NO. The lowest BCUT2D eigenvalue weighted by Gasteiger charge is -2.26. The Morgan fingerprint density at radius 3 is 2.62 bits per heavy atom. The van der Waals surface area contributed by atoms with Gasteiger partial charge in [-0.3, -0.25) is 4.79 Å². The fourth-order valence-electron chi connectivity index (χ4n) is 2.31. The van der Waals surface area contributed by atoms with Crippen LogP contribution in [0, 0.1) is 11.8 Å². The summed E-state index contributed by atoms with van der Waals surface area (Å²) in [5.41, 5.74) is 0. The van der Waals surface area contributed by atoms with Crippen LogP contribution >= 0.6 is 11.6 Å². The van der Waals surface area contributed by atoms with Crippen LogP contribution in [0.3, 0.4) is 0 Å². The Labute approximate surface area is 99.9 Å². The molecule has 0 heterocycles. The molecule has 5 heteroatoms. The molecule has 0 bridgehead atoms. The zero-order valence-electron chi connectivity index (χ0n) is 9.46. The van der Waals surface area contributed by atoms with Crippen molar-refractivity contribution in [3.05, 3.63) is 0 Å². The van der Waals surface area contributed by atoms with Crippen molar-refractivity contribution < 1.29 is 13.6 Å². The van der Waals surface area contributed by atoms with Gasteiger partial charge in [-0.25, -0.2) is 8.78 Å². The second-order valence-corrected chi connectivity index (χ2v) is 4.76. The third-order valence-electron chi connectivity index (χ3n) is 3.20. The third kappa shape index (κ3) is 3.58. The van der Waals surface area contributed by atoms with Crippen LogP contribution in [0.1, 0.15) is 26.2 Å². The van der Waals surface area contributed by atoms with Gasteiger partial charge in [0.1, 0.15) is 0 Å². The van der Waals surface area contributed by atoms with Gasteiger partial charge in [-0.2, -0.15) is 0 Å². The van der Waals surface area contributed by atoms with Gasteiger partial charge in [-0.15, -0.1) is 11.6 Å². The SMILES string of the molecule is CC1CCCC1C(=O)N(CCCl)CC(F)F. The fourth-order valence-corrected chi connectivity index (χ4v) is 2.51. The van der Waals surface area contributed by atoms with Gasteiger partial charge in [0.05, 0.1) is 6.54 Å². The monoisotopic (exact) mass is 253 g/mol. The van der Waals surface area contributed by atoms with Crippen molar-refractivity contribution in [2.45, 2.75) is 32.6 Å². The van der Waals surface area contributed by atoms with E-state index in [0.717, 1.165) is 19.3 Å². The lowest BCUT2D eigenvalue weighted by molar-refractivity contribution is -0.138. The molecule has 0 aromatic heterocycles. The first-order valence-corrected chi connectivity index (χ1v) is 6.22. The van der Waals surface area contributed by atoms with Crippen LogP contribution in [-0.2, 0) is 4.79 Å². The van der Waals surface area contributed by atoms with E-state index in [1.807, 2.05) is 6.92 Å². The van der Waals surface area contributed by atoms with Crippen molar-refractivity contribution in [1.29, 1.82) is 0 Å². The van der Waals surface area contributed by atoms with E-state index in [1.54, 1.807) is 0 Å². The van der Waals surface area contributed by atoms with E-state index in [0.29, 0.717) is 5.92 Å². The predicted octanol–water partition coefficient (Wildman–Crippen LogP) is 2.76. The molecule has 94 valence electrons. The Bertz CT molecular complexity index is 238. The predicted molar refractivity (Wildman–Crippen MR) is 59.8 cm³/mol. The van der Waals surface area contributed by atoms with Crippen molar-refractivity contribution in [3.63, 3.8) is 0 Å². The van der Waals surface area contributed by atoms with Crippen molar-refractivity contribution in [2.75, 3.05) is 19.0 Å². The Hall–Kier alpha value is -0.380. The Kier molecular flexibility index (Phi) is 5.46. The molecule has 0 aromatic carbocycles. The molecule has 0 aliphatic heterocycles. The highest BCUT2D eigenvalue weighted by Gasteiger charge is 2.33. The molecule has 1 rings (SSSR count). The zero-order valence-corrected chi connectivity index (χ0v) is 10.2. The van der Waals surface area contributed by atoms with Gasteiger partial charge in [-0.05, 0) is 18.8 Å². The molecule has 16 heavy (non-hydrogen) atoms. The quantitative estimate of drug-likeness (QED) is 0.690. The van der Waals surface area contributed by atoms with Crippen molar-refractivity contribution >= 4 is 17.5 Å². The summed E-state index contributed by atoms with van der Waals surface area (Å²) in [5.74, 6) is 0.287. The van der Waals surface area contributed by atoms with Crippen LogP contribution in [0.4, 0.5) is 8.78 Å². The lowest BCUT2D eigenvalue weighted by Crippen LogP contribution is -2.41. The summed E-state index contributed by atoms with van der Waals surface area (Å²) in [6, 6.07) is 0. The summed E-state index contributed by atoms with van der Waals surface area (Å²) >= 11 is 5.53. The van der Waals surface area contributed by atoms with E-state index >= 15 is 0 Å².